The molecule has 3 heteroatoms. The van der Waals surface area contributed by atoms with Crippen LogP contribution in [0, 0.1) is 0 Å². The maximum Gasteiger partial charge on any atom is 0.0546 e. The van der Waals surface area contributed by atoms with Gasteiger partial charge in [0.25, 0.3) is 0 Å². The normalized spacial score (nSPS) is 11.8. The average molecular weight is 617 g/mol. The number of thiophene rings is 1. The number of anilines is 3. The molecule has 10 aromatic rings. The summed E-state index contributed by atoms with van der Waals surface area (Å²) in [5.74, 6) is 0. The summed E-state index contributed by atoms with van der Waals surface area (Å²) < 4.78 is 5.01. The molecule has 0 fully saturated rings. The molecule has 0 aliphatic heterocycles. The molecule has 10 rings (SSSR count). The van der Waals surface area contributed by atoms with Gasteiger partial charge in [0.05, 0.1) is 16.7 Å². The van der Waals surface area contributed by atoms with Gasteiger partial charge in [-0.15, -0.1) is 11.3 Å². The van der Waals surface area contributed by atoms with Crippen LogP contribution in [0.15, 0.2) is 170 Å². The molecule has 2 heterocycles. The molecule has 47 heavy (non-hydrogen) atoms. The molecule has 0 saturated carbocycles. The van der Waals surface area contributed by atoms with Gasteiger partial charge < -0.3 is 9.47 Å². The van der Waals surface area contributed by atoms with Gasteiger partial charge in [0.15, 0.2) is 0 Å². The molecule has 0 radical (unpaired) electrons. The van der Waals surface area contributed by atoms with E-state index in [9.17, 15) is 0 Å². The quantitative estimate of drug-likeness (QED) is 0.179. The molecule has 0 amide bonds. The van der Waals surface area contributed by atoms with E-state index in [1.165, 1.54) is 74.9 Å². The number of hydrogen-bond donors (Lipinski definition) is 0. The van der Waals surface area contributed by atoms with Crippen LogP contribution < -0.4 is 4.90 Å². The average Bonchev–Trinajstić information content (AvgIpc) is 3.67. The summed E-state index contributed by atoms with van der Waals surface area (Å²) >= 11 is 1.86. The Morgan fingerprint density at radius 3 is 1.83 bits per heavy atom. The van der Waals surface area contributed by atoms with Crippen molar-refractivity contribution in [1.82, 2.24) is 4.57 Å². The molecular formula is C44H28N2S. The SMILES string of the molecule is c1ccc(-n2c3ccccc3c3cc(N(c4ccc5sc6ccccc6c5c4)c4cc5ccccc5c5ccccc45)ccc32)cc1. The lowest BCUT2D eigenvalue weighted by molar-refractivity contribution is 1.18. The summed E-state index contributed by atoms with van der Waals surface area (Å²) in [6.07, 6.45) is 0. The van der Waals surface area contributed by atoms with E-state index < -0.39 is 0 Å². The highest BCUT2D eigenvalue weighted by atomic mass is 32.1. The number of para-hydroxylation sites is 2. The van der Waals surface area contributed by atoms with Crippen molar-refractivity contribution in [1.29, 1.82) is 0 Å². The van der Waals surface area contributed by atoms with Crippen molar-refractivity contribution in [2.24, 2.45) is 0 Å². The van der Waals surface area contributed by atoms with Crippen molar-refractivity contribution in [2.45, 2.75) is 0 Å². The maximum atomic E-state index is 2.47. The number of benzene rings is 8. The van der Waals surface area contributed by atoms with Crippen LogP contribution in [0.5, 0.6) is 0 Å². The van der Waals surface area contributed by atoms with E-state index in [2.05, 4.69) is 179 Å². The van der Waals surface area contributed by atoms with Crippen LogP contribution in [-0.2, 0) is 0 Å². The molecular weight excluding hydrogens is 589 g/mol. The van der Waals surface area contributed by atoms with E-state index >= 15 is 0 Å². The Hall–Kier alpha value is -5.90. The lowest BCUT2D eigenvalue weighted by Gasteiger charge is -2.28. The van der Waals surface area contributed by atoms with Crippen LogP contribution in [0.4, 0.5) is 17.1 Å². The van der Waals surface area contributed by atoms with Crippen LogP contribution in [0.2, 0.25) is 0 Å². The Bertz CT molecular complexity index is 2810. The monoisotopic (exact) mass is 616 g/mol. The number of nitrogens with zero attached hydrogens (tertiary/aromatic N) is 2. The Kier molecular flexibility index (Phi) is 5.78. The summed E-state index contributed by atoms with van der Waals surface area (Å²) in [7, 11) is 0. The Balaban J connectivity index is 1.29. The van der Waals surface area contributed by atoms with Crippen molar-refractivity contribution >= 4 is 91.9 Å². The van der Waals surface area contributed by atoms with Crippen molar-refractivity contribution in [3.05, 3.63) is 170 Å². The third-order valence-corrected chi connectivity index (χ3v) is 10.7. The van der Waals surface area contributed by atoms with Crippen molar-refractivity contribution in [2.75, 3.05) is 4.90 Å². The van der Waals surface area contributed by atoms with Gasteiger partial charge >= 0.3 is 0 Å². The van der Waals surface area contributed by atoms with Gasteiger partial charge in [-0.05, 0) is 82.9 Å². The zero-order valence-corrected chi connectivity index (χ0v) is 26.3. The van der Waals surface area contributed by atoms with Crippen molar-refractivity contribution in [3.63, 3.8) is 0 Å². The molecule has 2 nitrogen and oxygen atoms in total. The molecule has 0 bridgehead atoms. The van der Waals surface area contributed by atoms with Crippen LogP contribution in [0.25, 0.3) is 69.2 Å². The highest BCUT2D eigenvalue weighted by Gasteiger charge is 2.21. The standard InChI is InChI=1S/C44H28N2S/c1-2-13-30(14-3-1)46-40-20-10-8-18-36(40)38-27-31(22-24-41(38)46)45(32-23-25-44-39(28-32)37-19-9-11-21-43(37)47-44)42-26-29-12-4-5-15-33(29)34-16-6-7-17-35(34)42/h1-28H. The second-order valence-corrected chi connectivity index (χ2v) is 13.2. The maximum absolute atomic E-state index is 2.47. The predicted molar refractivity (Wildman–Crippen MR) is 203 cm³/mol. The number of fused-ring (bicyclic) bond motifs is 9. The Morgan fingerprint density at radius 2 is 0.979 bits per heavy atom. The molecule has 0 aliphatic rings. The van der Waals surface area contributed by atoms with Crippen LogP contribution in [0.3, 0.4) is 0 Å². The second kappa shape index (κ2) is 10.3. The molecule has 0 N–H and O–H groups in total. The topological polar surface area (TPSA) is 8.17 Å². The fraction of sp³-hybridized carbons (Fsp3) is 0. The molecule has 220 valence electrons. The van der Waals surface area contributed by atoms with E-state index in [0.717, 1.165) is 11.4 Å². The van der Waals surface area contributed by atoms with E-state index in [1.807, 2.05) is 11.3 Å². The number of aromatic nitrogens is 1. The molecule has 0 saturated heterocycles. The number of hydrogen-bond acceptors (Lipinski definition) is 2. The summed E-state index contributed by atoms with van der Waals surface area (Å²) in [4.78, 5) is 2.47. The van der Waals surface area contributed by atoms with Gasteiger partial charge in [-0.25, -0.2) is 0 Å². The van der Waals surface area contributed by atoms with Crippen LogP contribution in [-0.4, -0.2) is 4.57 Å². The summed E-state index contributed by atoms with van der Waals surface area (Å²) in [5.41, 5.74) is 7.02. The smallest absolute Gasteiger partial charge is 0.0546 e. The molecule has 0 spiro atoms. The lowest BCUT2D eigenvalue weighted by Crippen LogP contribution is -2.10. The first kappa shape index (κ1) is 26.3. The largest absolute Gasteiger partial charge is 0.310 e. The minimum atomic E-state index is 1.13. The minimum absolute atomic E-state index is 1.13. The Labute approximate surface area is 276 Å². The zero-order valence-electron chi connectivity index (χ0n) is 25.5. The van der Waals surface area contributed by atoms with Gasteiger partial charge in [0.2, 0.25) is 0 Å². The Morgan fingerprint density at radius 1 is 0.383 bits per heavy atom. The van der Waals surface area contributed by atoms with Gasteiger partial charge in [-0.1, -0.05) is 103 Å². The first-order valence-corrected chi connectivity index (χ1v) is 16.8. The van der Waals surface area contributed by atoms with Gasteiger partial charge in [-0.2, -0.15) is 0 Å². The van der Waals surface area contributed by atoms with Crippen molar-refractivity contribution < 1.29 is 0 Å². The number of rotatable bonds is 4. The lowest BCUT2D eigenvalue weighted by atomic mass is 9.98. The summed E-state index contributed by atoms with van der Waals surface area (Å²) in [6, 6.07) is 62.1. The van der Waals surface area contributed by atoms with Gasteiger partial charge in [0.1, 0.15) is 0 Å². The third-order valence-electron chi connectivity index (χ3n) is 9.53. The summed E-state index contributed by atoms with van der Waals surface area (Å²) in [6.45, 7) is 0. The van der Waals surface area contributed by atoms with Crippen LogP contribution in [0.1, 0.15) is 0 Å². The van der Waals surface area contributed by atoms with E-state index in [0.29, 0.717) is 0 Å². The molecule has 0 atom stereocenters. The van der Waals surface area contributed by atoms with Gasteiger partial charge in [-0.3, -0.25) is 0 Å². The third kappa shape index (κ3) is 4.04. The van der Waals surface area contributed by atoms with Gasteiger partial charge in [0, 0.05) is 53.4 Å². The van der Waals surface area contributed by atoms with E-state index in [1.54, 1.807) is 0 Å². The highest BCUT2D eigenvalue weighted by Crippen LogP contribution is 2.46. The fourth-order valence-electron chi connectivity index (χ4n) is 7.46. The van der Waals surface area contributed by atoms with E-state index in [4.69, 9.17) is 0 Å². The first-order chi connectivity index (χ1) is 23.3. The molecule has 0 aliphatic carbocycles. The molecule has 0 unspecified atom stereocenters. The van der Waals surface area contributed by atoms with Crippen LogP contribution >= 0.6 is 11.3 Å². The fourth-order valence-corrected chi connectivity index (χ4v) is 8.54. The van der Waals surface area contributed by atoms with Crippen molar-refractivity contribution in [3.8, 4) is 5.69 Å². The minimum Gasteiger partial charge on any atom is -0.310 e. The molecule has 2 aromatic heterocycles. The molecule has 8 aromatic carbocycles. The zero-order chi connectivity index (χ0) is 30.9. The second-order valence-electron chi connectivity index (χ2n) is 12.2. The van der Waals surface area contributed by atoms with E-state index in [-0.39, 0.29) is 0 Å². The summed E-state index contributed by atoms with van der Waals surface area (Å²) in [5, 5.41) is 10.1. The first-order valence-electron chi connectivity index (χ1n) is 16.0. The highest BCUT2D eigenvalue weighted by molar-refractivity contribution is 7.25. The predicted octanol–water partition coefficient (Wildman–Crippen LogP) is 12.9.